The summed E-state index contributed by atoms with van der Waals surface area (Å²) < 4.78 is 0. The summed E-state index contributed by atoms with van der Waals surface area (Å²) in [5, 5.41) is 6.06. The molecule has 0 saturated carbocycles. The second-order valence-electron chi connectivity index (χ2n) is 3.93. The van der Waals surface area contributed by atoms with Crippen molar-refractivity contribution in [3.63, 3.8) is 0 Å². The van der Waals surface area contributed by atoms with Crippen molar-refractivity contribution in [1.29, 1.82) is 0 Å². The summed E-state index contributed by atoms with van der Waals surface area (Å²) in [6, 6.07) is 3.31. The molecule has 0 aliphatic carbocycles. The van der Waals surface area contributed by atoms with Crippen LogP contribution in [-0.2, 0) is 0 Å². The molecule has 1 amide bonds. The number of aromatic nitrogens is 1. The quantitative estimate of drug-likeness (QED) is 0.650. The van der Waals surface area contributed by atoms with Crippen molar-refractivity contribution in [3.8, 4) is 0 Å². The number of hydrogen-bond acceptors (Lipinski definition) is 3. The van der Waals surface area contributed by atoms with Crippen molar-refractivity contribution in [2.75, 3.05) is 13.1 Å². The van der Waals surface area contributed by atoms with Crippen molar-refractivity contribution < 1.29 is 4.79 Å². The van der Waals surface area contributed by atoms with Crippen LogP contribution in [0.2, 0.25) is 0 Å². The lowest BCUT2D eigenvalue weighted by molar-refractivity contribution is 0.0929. The Hall–Kier alpha value is -1.62. The third kappa shape index (κ3) is 2.49. The maximum atomic E-state index is 11.8. The van der Waals surface area contributed by atoms with Gasteiger partial charge in [0.15, 0.2) is 0 Å². The van der Waals surface area contributed by atoms with Crippen LogP contribution in [0.4, 0.5) is 0 Å². The van der Waals surface area contributed by atoms with E-state index in [9.17, 15) is 9.59 Å². The van der Waals surface area contributed by atoms with Gasteiger partial charge in [0.2, 0.25) is 0 Å². The highest BCUT2D eigenvalue weighted by molar-refractivity contribution is 5.93. The average Bonchev–Trinajstić information content (AvgIpc) is 2.31. The van der Waals surface area contributed by atoms with Gasteiger partial charge in [-0.1, -0.05) is 0 Å². The molecule has 0 spiro atoms. The van der Waals surface area contributed by atoms with Gasteiger partial charge >= 0.3 is 0 Å². The van der Waals surface area contributed by atoms with Gasteiger partial charge in [-0.05, 0) is 31.5 Å². The van der Waals surface area contributed by atoms with Crippen molar-refractivity contribution in [1.82, 2.24) is 15.6 Å². The van der Waals surface area contributed by atoms with Gasteiger partial charge in [-0.15, -0.1) is 0 Å². The Bertz CT molecular complexity index is 421. The fourth-order valence-corrected chi connectivity index (χ4v) is 1.84. The number of aromatic amines is 1. The van der Waals surface area contributed by atoms with E-state index in [1.165, 1.54) is 12.3 Å². The minimum atomic E-state index is -0.344. The lowest BCUT2D eigenvalue weighted by Gasteiger charge is -2.23. The molecule has 0 radical (unpaired) electrons. The molecule has 0 unspecified atom stereocenters. The molecule has 2 heterocycles. The summed E-state index contributed by atoms with van der Waals surface area (Å²) >= 11 is 0. The van der Waals surface area contributed by atoms with E-state index in [0.717, 1.165) is 25.9 Å². The molecule has 1 saturated heterocycles. The van der Waals surface area contributed by atoms with E-state index in [0.29, 0.717) is 0 Å². The SMILES string of the molecule is O=C(N[C@H]1CCCNC1)c1ccc[nH]c1=O. The van der Waals surface area contributed by atoms with Gasteiger partial charge in [-0.2, -0.15) is 0 Å². The molecule has 1 fully saturated rings. The van der Waals surface area contributed by atoms with Crippen LogP contribution in [0.5, 0.6) is 0 Å². The van der Waals surface area contributed by atoms with Crippen molar-refractivity contribution in [2.45, 2.75) is 18.9 Å². The summed E-state index contributed by atoms with van der Waals surface area (Å²) in [5.41, 5.74) is -0.170. The number of pyridine rings is 1. The summed E-state index contributed by atoms with van der Waals surface area (Å²) in [7, 11) is 0. The molecular formula is C11H15N3O2. The molecule has 2 rings (SSSR count). The molecule has 0 aromatic carbocycles. The fraction of sp³-hybridized carbons (Fsp3) is 0.455. The minimum Gasteiger partial charge on any atom is -0.348 e. The van der Waals surface area contributed by atoms with E-state index in [-0.39, 0.29) is 23.1 Å². The molecule has 86 valence electrons. The normalized spacial score (nSPS) is 20.4. The zero-order valence-electron chi connectivity index (χ0n) is 8.95. The number of rotatable bonds is 2. The van der Waals surface area contributed by atoms with Gasteiger partial charge < -0.3 is 15.6 Å². The lowest BCUT2D eigenvalue weighted by Crippen LogP contribution is -2.46. The highest BCUT2D eigenvalue weighted by Gasteiger charge is 2.17. The Morgan fingerprint density at radius 2 is 2.38 bits per heavy atom. The average molecular weight is 221 g/mol. The van der Waals surface area contributed by atoms with Crippen LogP contribution in [0.3, 0.4) is 0 Å². The number of nitrogens with one attached hydrogen (secondary N) is 3. The second-order valence-corrected chi connectivity index (χ2v) is 3.93. The smallest absolute Gasteiger partial charge is 0.260 e. The molecule has 0 bridgehead atoms. The van der Waals surface area contributed by atoms with Gasteiger partial charge in [0.05, 0.1) is 0 Å². The van der Waals surface area contributed by atoms with Crippen LogP contribution in [0.1, 0.15) is 23.2 Å². The predicted molar refractivity (Wildman–Crippen MR) is 60.4 cm³/mol. The predicted octanol–water partition coefficient (Wildman–Crippen LogP) is -0.143. The van der Waals surface area contributed by atoms with Gasteiger partial charge in [0, 0.05) is 18.8 Å². The minimum absolute atomic E-state index is 0.126. The third-order valence-corrected chi connectivity index (χ3v) is 2.69. The van der Waals surface area contributed by atoms with Crippen LogP contribution in [-0.4, -0.2) is 30.0 Å². The number of amides is 1. The van der Waals surface area contributed by atoms with Crippen molar-refractivity contribution in [2.24, 2.45) is 0 Å². The maximum Gasteiger partial charge on any atom is 0.260 e. The van der Waals surface area contributed by atoms with Gasteiger partial charge in [0.1, 0.15) is 5.56 Å². The molecule has 1 aromatic heterocycles. The molecule has 16 heavy (non-hydrogen) atoms. The van der Waals surface area contributed by atoms with Crippen LogP contribution < -0.4 is 16.2 Å². The van der Waals surface area contributed by atoms with E-state index in [2.05, 4.69) is 15.6 Å². The van der Waals surface area contributed by atoms with Crippen molar-refractivity contribution >= 4 is 5.91 Å². The Labute approximate surface area is 93.3 Å². The highest BCUT2D eigenvalue weighted by atomic mass is 16.2. The first kappa shape index (κ1) is 10.9. The van der Waals surface area contributed by atoms with Crippen LogP contribution in [0, 0.1) is 0 Å². The maximum absolute atomic E-state index is 11.8. The highest BCUT2D eigenvalue weighted by Crippen LogP contribution is 2.02. The number of carbonyl (C=O) groups excluding carboxylic acids is 1. The number of carbonyl (C=O) groups is 1. The van der Waals surface area contributed by atoms with E-state index in [1.54, 1.807) is 6.07 Å². The summed E-state index contributed by atoms with van der Waals surface area (Å²) in [6.45, 7) is 1.77. The summed E-state index contributed by atoms with van der Waals surface area (Å²) in [6.07, 6.45) is 3.53. The van der Waals surface area contributed by atoms with E-state index >= 15 is 0 Å². The standard InChI is InChI=1S/C11H15N3O2/c15-10-9(4-2-6-13-10)11(16)14-8-3-1-5-12-7-8/h2,4,6,8,12H,1,3,5,7H2,(H,13,15)(H,14,16)/t8-/m0/s1. The summed E-state index contributed by atoms with van der Waals surface area (Å²) in [4.78, 5) is 25.6. The Morgan fingerprint density at radius 1 is 1.50 bits per heavy atom. The van der Waals surface area contributed by atoms with Crippen molar-refractivity contribution in [3.05, 3.63) is 34.2 Å². The molecule has 1 aliphatic rings. The monoisotopic (exact) mass is 221 g/mol. The molecule has 1 atom stereocenters. The number of H-pyrrole nitrogens is 1. The zero-order chi connectivity index (χ0) is 11.4. The van der Waals surface area contributed by atoms with Crippen LogP contribution in [0.25, 0.3) is 0 Å². The van der Waals surface area contributed by atoms with E-state index in [1.807, 2.05) is 0 Å². The molecule has 5 nitrogen and oxygen atoms in total. The van der Waals surface area contributed by atoms with Crippen LogP contribution >= 0.6 is 0 Å². The first-order chi connectivity index (χ1) is 7.77. The number of hydrogen-bond donors (Lipinski definition) is 3. The largest absolute Gasteiger partial charge is 0.348 e. The first-order valence-electron chi connectivity index (χ1n) is 5.46. The Morgan fingerprint density at radius 3 is 3.06 bits per heavy atom. The lowest BCUT2D eigenvalue weighted by atomic mass is 10.1. The Kier molecular flexibility index (Phi) is 3.36. The second kappa shape index (κ2) is 4.94. The number of piperidine rings is 1. The molecule has 3 N–H and O–H groups in total. The fourth-order valence-electron chi connectivity index (χ4n) is 1.84. The van der Waals surface area contributed by atoms with E-state index < -0.39 is 0 Å². The van der Waals surface area contributed by atoms with Gasteiger partial charge in [-0.3, -0.25) is 9.59 Å². The summed E-state index contributed by atoms with van der Waals surface area (Å²) in [5.74, 6) is -0.296. The molecule has 5 heteroatoms. The van der Waals surface area contributed by atoms with Gasteiger partial charge in [-0.25, -0.2) is 0 Å². The third-order valence-electron chi connectivity index (χ3n) is 2.69. The molecular weight excluding hydrogens is 206 g/mol. The zero-order valence-corrected chi connectivity index (χ0v) is 8.95. The first-order valence-corrected chi connectivity index (χ1v) is 5.46. The van der Waals surface area contributed by atoms with E-state index in [4.69, 9.17) is 0 Å². The molecule has 1 aliphatic heterocycles. The molecule has 1 aromatic rings. The van der Waals surface area contributed by atoms with Gasteiger partial charge in [0.25, 0.3) is 11.5 Å². The van der Waals surface area contributed by atoms with Crippen LogP contribution in [0.15, 0.2) is 23.1 Å². The topological polar surface area (TPSA) is 74.0 Å². The Balaban J connectivity index is 2.02.